The van der Waals surface area contributed by atoms with Gasteiger partial charge in [0.25, 0.3) is 0 Å². The normalized spacial score (nSPS) is 14.9. The summed E-state index contributed by atoms with van der Waals surface area (Å²) in [4.78, 5) is 36.5. The number of rotatable bonds is 6. The van der Waals surface area contributed by atoms with E-state index in [4.69, 9.17) is 14.2 Å². The van der Waals surface area contributed by atoms with Crippen molar-refractivity contribution in [1.82, 2.24) is 5.32 Å². The summed E-state index contributed by atoms with van der Waals surface area (Å²) in [6.07, 6.45) is -0.894. The molecule has 1 amide bonds. The van der Waals surface area contributed by atoms with E-state index in [1.807, 2.05) is 0 Å². The Morgan fingerprint density at radius 3 is 1.83 bits per heavy atom. The zero-order valence-corrected chi connectivity index (χ0v) is 18.2. The highest BCUT2D eigenvalue weighted by Gasteiger charge is 2.57. The van der Waals surface area contributed by atoms with E-state index in [9.17, 15) is 19.7 Å². The van der Waals surface area contributed by atoms with E-state index in [1.54, 1.807) is 53.7 Å². The van der Waals surface area contributed by atoms with Gasteiger partial charge in [0.15, 0.2) is 0 Å². The maximum atomic E-state index is 12.8. The largest absolute Gasteiger partial charge is 0.497 e. The quantitative estimate of drug-likeness (QED) is 0.432. The molecule has 0 aliphatic rings. The number of hydrogen-bond acceptors (Lipinski definition) is 7. The fourth-order valence-corrected chi connectivity index (χ4v) is 2.45. The molecule has 0 spiro atoms. The summed E-state index contributed by atoms with van der Waals surface area (Å²) in [6, 6.07) is 4.87. The van der Waals surface area contributed by atoms with Crippen LogP contribution in [0.25, 0.3) is 0 Å². The number of carbonyl (C=O) groups excluding carboxylic acids is 2. The molecule has 0 aliphatic carbocycles. The van der Waals surface area contributed by atoms with E-state index in [-0.39, 0.29) is 0 Å². The molecule has 9 nitrogen and oxygen atoms in total. The van der Waals surface area contributed by atoms with E-state index >= 15 is 0 Å². The van der Waals surface area contributed by atoms with Crippen molar-refractivity contribution in [3.8, 4) is 5.75 Å². The number of hydrogen-bond donors (Lipinski definition) is 1. The van der Waals surface area contributed by atoms with Gasteiger partial charge < -0.3 is 19.5 Å². The Morgan fingerprint density at radius 2 is 1.45 bits per heavy atom. The monoisotopic (exact) mass is 410 g/mol. The molecule has 1 N–H and O–H groups in total. The molecular formula is C20H30N2O7. The number of amides is 1. The van der Waals surface area contributed by atoms with Crippen LogP contribution in [0.4, 0.5) is 4.79 Å². The van der Waals surface area contributed by atoms with Gasteiger partial charge >= 0.3 is 17.6 Å². The lowest BCUT2D eigenvalue weighted by Gasteiger charge is -2.32. The molecule has 0 radical (unpaired) electrons. The highest BCUT2D eigenvalue weighted by Crippen LogP contribution is 2.33. The Morgan fingerprint density at radius 1 is 0.966 bits per heavy atom. The molecule has 9 heteroatoms. The van der Waals surface area contributed by atoms with Crippen LogP contribution in [-0.2, 0) is 14.3 Å². The summed E-state index contributed by atoms with van der Waals surface area (Å²) < 4.78 is 15.6. The predicted molar refractivity (Wildman–Crippen MR) is 106 cm³/mol. The highest BCUT2D eigenvalue weighted by atomic mass is 16.6. The molecule has 0 aromatic heterocycles. The number of benzene rings is 1. The van der Waals surface area contributed by atoms with Gasteiger partial charge in [0, 0.05) is 11.8 Å². The molecule has 29 heavy (non-hydrogen) atoms. The minimum Gasteiger partial charge on any atom is -0.497 e. The standard InChI is InChI=1S/C20H30N2O7/c1-18(2,3)28-16(23)20(7,22(25)26)15(21-17(24)29-19(4,5)6)13-9-11-14(27-8)12-10-13/h9-12,15H,1-8H3,(H,21,24)/t15-,20-/m1/s1. The second-order valence-electron chi connectivity index (χ2n) is 8.76. The first-order chi connectivity index (χ1) is 13.1. The van der Waals surface area contributed by atoms with Crippen molar-refractivity contribution in [2.75, 3.05) is 7.11 Å². The second-order valence-corrected chi connectivity index (χ2v) is 8.76. The molecule has 0 heterocycles. The smallest absolute Gasteiger partial charge is 0.408 e. The van der Waals surface area contributed by atoms with Crippen LogP contribution in [0.3, 0.4) is 0 Å². The topological polar surface area (TPSA) is 117 Å². The number of alkyl carbamates (subject to hydrolysis) is 1. The van der Waals surface area contributed by atoms with Crippen LogP contribution < -0.4 is 10.1 Å². The first kappa shape index (κ1) is 24.2. The van der Waals surface area contributed by atoms with Gasteiger partial charge in [-0.3, -0.25) is 10.1 Å². The minimum atomic E-state index is -2.31. The number of nitrogens with zero attached hydrogens (tertiary/aromatic N) is 1. The Bertz CT molecular complexity index is 748. The van der Waals surface area contributed by atoms with Gasteiger partial charge in [-0.15, -0.1) is 0 Å². The first-order valence-corrected chi connectivity index (χ1v) is 9.11. The molecular weight excluding hydrogens is 380 g/mol. The third kappa shape index (κ3) is 6.62. The molecule has 0 aliphatic heterocycles. The van der Waals surface area contributed by atoms with Crippen molar-refractivity contribution < 1.29 is 28.7 Å². The summed E-state index contributed by atoms with van der Waals surface area (Å²) >= 11 is 0. The van der Waals surface area contributed by atoms with Crippen molar-refractivity contribution >= 4 is 12.1 Å². The fraction of sp³-hybridized carbons (Fsp3) is 0.600. The van der Waals surface area contributed by atoms with Crippen molar-refractivity contribution in [2.24, 2.45) is 0 Å². The number of nitrogens with one attached hydrogen (secondary N) is 1. The van der Waals surface area contributed by atoms with Gasteiger partial charge in [-0.1, -0.05) is 12.1 Å². The van der Waals surface area contributed by atoms with E-state index in [2.05, 4.69) is 5.32 Å². The fourth-order valence-electron chi connectivity index (χ4n) is 2.45. The Hall–Kier alpha value is -2.84. The van der Waals surface area contributed by atoms with Crippen molar-refractivity contribution in [1.29, 1.82) is 0 Å². The molecule has 2 atom stereocenters. The third-order valence-electron chi connectivity index (χ3n) is 3.86. The van der Waals surface area contributed by atoms with Crippen LogP contribution in [0.1, 0.15) is 60.1 Å². The Balaban J connectivity index is 3.45. The summed E-state index contributed by atoms with van der Waals surface area (Å²) in [5.74, 6) is -0.559. The molecule has 0 saturated carbocycles. The van der Waals surface area contributed by atoms with Crippen molar-refractivity contribution in [3.63, 3.8) is 0 Å². The van der Waals surface area contributed by atoms with Gasteiger partial charge in [-0.2, -0.15) is 0 Å². The summed E-state index contributed by atoms with van der Waals surface area (Å²) in [7, 11) is 1.48. The highest BCUT2D eigenvalue weighted by molar-refractivity contribution is 5.82. The van der Waals surface area contributed by atoms with Crippen LogP contribution in [-0.4, -0.2) is 40.8 Å². The number of methoxy groups -OCH3 is 1. The Kier molecular flexibility index (Phi) is 7.23. The zero-order chi connectivity index (χ0) is 22.6. The van der Waals surface area contributed by atoms with Gasteiger partial charge in [-0.25, -0.2) is 9.59 Å². The van der Waals surface area contributed by atoms with Crippen molar-refractivity contribution in [3.05, 3.63) is 39.9 Å². The van der Waals surface area contributed by atoms with E-state index < -0.39 is 39.8 Å². The Labute approximate surface area is 170 Å². The SMILES string of the molecule is COc1ccc([C@@H](NC(=O)OC(C)(C)C)[C@](C)(C(=O)OC(C)(C)C)[N+](=O)[O-])cc1. The average molecular weight is 410 g/mol. The molecule has 0 unspecified atom stereocenters. The molecule has 1 rings (SSSR count). The van der Waals surface area contributed by atoms with Gasteiger partial charge in [0.05, 0.1) is 7.11 Å². The number of ether oxygens (including phenoxy) is 3. The predicted octanol–water partition coefficient (Wildman–Crippen LogP) is 3.64. The lowest BCUT2D eigenvalue weighted by Crippen LogP contribution is -2.57. The summed E-state index contributed by atoms with van der Waals surface area (Å²) in [5.41, 5.74) is -3.77. The number of esters is 1. The minimum absolute atomic E-state index is 0.321. The molecule has 0 fully saturated rings. The van der Waals surface area contributed by atoms with E-state index in [0.29, 0.717) is 11.3 Å². The maximum Gasteiger partial charge on any atom is 0.408 e. The van der Waals surface area contributed by atoms with Crippen molar-refractivity contribution in [2.45, 2.75) is 71.2 Å². The van der Waals surface area contributed by atoms with Crippen LogP contribution in [0.2, 0.25) is 0 Å². The van der Waals surface area contributed by atoms with Gasteiger partial charge in [0.2, 0.25) is 0 Å². The molecule has 162 valence electrons. The molecule has 1 aromatic rings. The molecule has 1 aromatic carbocycles. The second kappa shape index (κ2) is 8.67. The van der Waals surface area contributed by atoms with Gasteiger partial charge in [0.1, 0.15) is 23.0 Å². The molecule has 0 saturated heterocycles. The average Bonchev–Trinajstić information content (AvgIpc) is 2.55. The third-order valence-corrected chi connectivity index (χ3v) is 3.86. The van der Waals surface area contributed by atoms with E-state index in [0.717, 1.165) is 6.92 Å². The summed E-state index contributed by atoms with van der Waals surface area (Å²) in [6.45, 7) is 10.9. The van der Waals surface area contributed by atoms with Crippen LogP contribution >= 0.6 is 0 Å². The first-order valence-electron chi connectivity index (χ1n) is 9.11. The van der Waals surface area contributed by atoms with Crippen LogP contribution in [0, 0.1) is 10.1 Å². The maximum absolute atomic E-state index is 12.8. The lowest BCUT2D eigenvalue weighted by atomic mass is 9.87. The van der Waals surface area contributed by atoms with Gasteiger partial charge in [-0.05, 0) is 59.2 Å². The van der Waals surface area contributed by atoms with Crippen LogP contribution in [0.15, 0.2) is 24.3 Å². The zero-order valence-electron chi connectivity index (χ0n) is 18.2. The van der Waals surface area contributed by atoms with E-state index in [1.165, 1.54) is 19.2 Å². The molecule has 0 bridgehead atoms. The van der Waals surface area contributed by atoms with Crippen LogP contribution in [0.5, 0.6) is 5.75 Å². The lowest BCUT2D eigenvalue weighted by molar-refractivity contribution is -0.557. The number of nitro groups is 1. The summed E-state index contributed by atoms with van der Waals surface area (Å²) in [5, 5.41) is 14.5. The number of carbonyl (C=O) groups is 2.